The van der Waals surface area contributed by atoms with Crippen molar-refractivity contribution in [3.8, 4) is 0 Å². The van der Waals surface area contributed by atoms with Gasteiger partial charge in [-0.1, -0.05) is 6.58 Å². The number of aromatic nitrogens is 1. The molecule has 3 nitrogen and oxygen atoms in total. The van der Waals surface area contributed by atoms with Crippen LogP contribution in [0.15, 0.2) is 31.0 Å². The molecule has 0 radical (unpaired) electrons. The van der Waals surface area contributed by atoms with E-state index < -0.39 is 0 Å². The Labute approximate surface area is 89.4 Å². The third kappa shape index (κ3) is 2.06. The maximum atomic E-state index is 11.3. The highest BCUT2D eigenvalue weighted by Crippen LogP contribution is 2.17. The second kappa shape index (κ2) is 4.26. The summed E-state index contributed by atoms with van der Waals surface area (Å²) in [6.45, 7) is 5.59. The summed E-state index contributed by atoms with van der Waals surface area (Å²) in [6, 6.07) is 3.72. The summed E-state index contributed by atoms with van der Waals surface area (Å²) in [5.74, 6) is 0.892. The van der Waals surface area contributed by atoms with E-state index in [0.717, 1.165) is 18.9 Å². The molecule has 78 valence electrons. The lowest BCUT2D eigenvalue weighted by atomic mass is 10.2. The van der Waals surface area contributed by atoms with Crippen molar-refractivity contribution in [1.82, 2.24) is 4.98 Å². The van der Waals surface area contributed by atoms with Gasteiger partial charge in [0, 0.05) is 24.8 Å². The first-order valence-corrected chi connectivity index (χ1v) is 5.19. The first-order valence-electron chi connectivity index (χ1n) is 5.19. The maximum Gasteiger partial charge on any atom is 0.186 e. The predicted octanol–water partition coefficient (Wildman–Crippen LogP) is 2.05. The summed E-state index contributed by atoms with van der Waals surface area (Å²) in [4.78, 5) is 17.8. The Morgan fingerprint density at radius 1 is 1.40 bits per heavy atom. The highest BCUT2D eigenvalue weighted by atomic mass is 16.1. The quantitative estimate of drug-likeness (QED) is 0.555. The predicted molar refractivity (Wildman–Crippen MR) is 60.2 cm³/mol. The van der Waals surface area contributed by atoms with E-state index in [1.54, 1.807) is 6.20 Å². The van der Waals surface area contributed by atoms with Gasteiger partial charge in [0.2, 0.25) is 0 Å². The van der Waals surface area contributed by atoms with E-state index >= 15 is 0 Å². The van der Waals surface area contributed by atoms with Gasteiger partial charge in [-0.3, -0.25) is 4.79 Å². The second-order valence-electron chi connectivity index (χ2n) is 3.67. The molecule has 2 rings (SSSR count). The molecule has 0 atom stereocenters. The van der Waals surface area contributed by atoms with Crippen LogP contribution in [-0.4, -0.2) is 23.9 Å². The molecule has 1 aromatic rings. The fourth-order valence-corrected chi connectivity index (χ4v) is 1.78. The number of anilines is 1. The van der Waals surface area contributed by atoms with E-state index in [1.807, 2.05) is 12.1 Å². The van der Waals surface area contributed by atoms with Crippen LogP contribution in [-0.2, 0) is 0 Å². The van der Waals surface area contributed by atoms with Crippen LogP contribution >= 0.6 is 0 Å². The molecule has 1 fully saturated rings. The number of hydrogen-bond donors (Lipinski definition) is 0. The van der Waals surface area contributed by atoms with Crippen molar-refractivity contribution in [3.63, 3.8) is 0 Å². The zero-order valence-electron chi connectivity index (χ0n) is 8.65. The molecule has 1 aliphatic rings. The summed E-state index contributed by atoms with van der Waals surface area (Å²) in [5.41, 5.74) is 0.605. The van der Waals surface area contributed by atoms with E-state index in [4.69, 9.17) is 0 Å². The standard InChI is InChI=1S/C12H14N2O/c1-2-11(15)10-5-6-12(13-9-10)14-7-3-4-8-14/h2,5-6,9H,1,3-4,7-8H2. The van der Waals surface area contributed by atoms with Gasteiger partial charge in [-0.25, -0.2) is 4.98 Å². The molecule has 0 spiro atoms. The number of carbonyl (C=O) groups is 1. The average Bonchev–Trinajstić information content (AvgIpc) is 2.82. The van der Waals surface area contributed by atoms with E-state index in [9.17, 15) is 4.79 Å². The summed E-state index contributed by atoms with van der Waals surface area (Å²) in [7, 11) is 0. The molecule has 0 saturated carbocycles. The van der Waals surface area contributed by atoms with Crippen LogP contribution < -0.4 is 4.90 Å². The minimum absolute atomic E-state index is 0.0736. The summed E-state index contributed by atoms with van der Waals surface area (Å²) in [6.07, 6.45) is 5.40. The van der Waals surface area contributed by atoms with E-state index in [1.165, 1.54) is 18.9 Å². The van der Waals surface area contributed by atoms with Gasteiger partial charge < -0.3 is 4.90 Å². The zero-order chi connectivity index (χ0) is 10.7. The highest BCUT2D eigenvalue weighted by Gasteiger charge is 2.13. The average molecular weight is 202 g/mol. The smallest absolute Gasteiger partial charge is 0.186 e. The van der Waals surface area contributed by atoms with E-state index in [-0.39, 0.29) is 5.78 Å². The molecule has 0 aliphatic carbocycles. The lowest BCUT2D eigenvalue weighted by Crippen LogP contribution is -2.18. The Bertz CT molecular complexity index is 364. The Morgan fingerprint density at radius 3 is 2.67 bits per heavy atom. The number of pyridine rings is 1. The number of ketones is 1. The number of carbonyl (C=O) groups excluding carboxylic acids is 1. The Morgan fingerprint density at radius 2 is 2.13 bits per heavy atom. The molecule has 0 bridgehead atoms. The monoisotopic (exact) mass is 202 g/mol. The van der Waals surface area contributed by atoms with Crippen LogP contribution in [0.5, 0.6) is 0 Å². The molecule has 1 saturated heterocycles. The molecule has 0 aromatic carbocycles. The van der Waals surface area contributed by atoms with E-state index in [2.05, 4.69) is 16.5 Å². The van der Waals surface area contributed by atoms with Crippen molar-refractivity contribution in [3.05, 3.63) is 36.5 Å². The number of hydrogen-bond acceptors (Lipinski definition) is 3. The number of allylic oxidation sites excluding steroid dienone is 1. The fraction of sp³-hybridized carbons (Fsp3) is 0.333. The van der Waals surface area contributed by atoms with Crippen molar-refractivity contribution >= 4 is 11.6 Å². The van der Waals surface area contributed by atoms with Crippen molar-refractivity contribution in [1.29, 1.82) is 0 Å². The molecule has 15 heavy (non-hydrogen) atoms. The minimum Gasteiger partial charge on any atom is -0.357 e. The molecule has 1 aromatic heterocycles. The Balaban J connectivity index is 2.16. The molecule has 1 aliphatic heterocycles. The van der Waals surface area contributed by atoms with Crippen LogP contribution in [0.3, 0.4) is 0 Å². The van der Waals surface area contributed by atoms with Gasteiger partial charge in [0.05, 0.1) is 0 Å². The maximum absolute atomic E-state index is 11.3. The molecular formula is C12H14N2O. The van der Waals surface area contributed by atoms with Gasteiger partial charge in [-0.05, 0) is 31.1 Å². The zero-order valence-corrected chi connectivity index (χ0v) is 8.65. The minimum atomic E-state index is -0.0736. The van der Waals surface area contributed by atoms with Crippen molar-refractivity contribution in [2.75, 3.05) is 18.0 Å². The van der Waals surface area contributed by atoms with Gasteiger partial charge in [-0.2, -0.15) is 0 Å². The summed E-state index contributed by atoms with van der Waals surface area (Å²) in [5, 5.41) is 0. The topological polar surface area (TPSA) is 33.2 Å². The highest BCUT2D eigenvalue weighted by molar-refractivity contribution is 6.03. The lowest BCUT2D eigenvalue weighted by molar-refractivity contribution is 0.104. The van der Waals surface area contributed by atoms with Crippen molar-refractivity contribution < 1.29 is 4.79 Å². The van der Waals surface area contributed by atoms with Crippen LogP contribution in [0, 0.1) is 0 Å². The normalized spacial score (nSPS) is 15.3. The third-order valence-corrected chi connectivity index (χ3v) is 2.65. The molecule has 3 heteroatoms. The van der Waals surface area contributed by atoms with Crippen LogP contribution in [0.1, 0.15) is 23.2 Å². The molecule has 0 unspecified atom stereocenters. The van der Waals surface area contributed by atoms with Gasteiger partial charge in [0.15, 0.2) is 5.78 Å². The molecule has 0 amide bonds. The van der Waals surface area contributed by atoms with Gasteiger partial charge in [0.25, 0.3) is 0 Å². The van der Waals surface area contributed by atoms with E-state index in [0.29, 0.717) is 5.56 Å². The first kappa shape index (κ1) is 9.90. The lowest BCUT2D eigenvalue weighted by Gasteiger charge is -2.15. The summed E-state index contributed by atoms with van der Waals surface area (Å²) < 4.78 is 0. The molecular weight excluding hydrogens is 188 g/mol. The number of nitrogens with zero attached hydrogens (tertiary/aromatic N) is 2. The SMILES string of the molecule is C=CC(=O)c1ccc(N2CCCC2)nc1. The van der Waals surface area contributed by atoms with Crippen LogP contribution in [0.25, 0.3) is 0 Å². The fourth-order valence-electron chi connectivity index (χ4n) is 1.78. The summed E-state index contributed by atoms with van der Waals surface area (Å²) >= 11 is 0. The Hall–Kier alpha value is -1.64. The number of rotatable bonds is 3. The first-order chi connectivity index (χ1) is 7.31. The third-order valence-electron chi connectivity index (χ3n) is 2.65. The van der Waals surface area contributed by atoms with Gasteiger partial charge in [-0.15, -0.1) is 0 Å². The molecule has 0 N–H and O–H groups in total. The van der Waals surface area contributed by atoms with Crippen molar-refractivity contribution in [2.45, 2.75) is 12.8 Å². The van der Waals surface area contributed by atoms with Crippen LogP contribution in [0.2, 0.25) is 0 Å². The molecule has 2 heterocycles. The van der Waals surface area contributed by atoms with Gasteiger partial charge in [0.1, 0.15) is 5.82 Å². The van der Waals surface area contributed by atoms with Crippen molar-refractivity contribution in [2.24, 2.45) is 0 Å². The van der Waals surface area contributed by atoms with Crippen LogP contribution in [0.4, 0.5) is 5.82 Å². The van der Waals surface area contributed by atoms with Gasteiger partial charge >= 0.3 is 0 Å². The Kier molecular flexibility index (Phi) is 2.81. The second-order valence-corrected chi connectivity index (χ2v) is 3.67. The largest absolute Gasteiger partial charge is 0.357 e.